The third-order valence-corrected chi connectivity index (χ3v) is 4.59. The van der Waals surface area contributed by atoms with E-state index in [1.54, 1.807) is 24.3 Å². The summed E-state index contributed by atoms with van der Waals surface area (Å²) in [5, 5.41) is 2.01. The van der Waals surface area contributed by atoms with Crippen LogP contribution < -0.4 is 4.74 Å². The number of ether oxygens (including phenoxy) is 2. The molecule has 3 aromatic carbocycles. The van der Waals surface area contributed by atoms with Crippen molar-refractivity contribution in [3.8, 4) is 17.6 Å². The van der Waals surface area contributed by atoms with Crippen molar-refractivity contribution in [1.82, 2.24) is 0 Å². The van der Waals surface area contributed by atoms with Gasteiger partial charge in [-0.15, -0.1) is 0 Å². The molecular formula is C23H16O4. The second-order valence-electron chi connectivity index (χ2n) is 6.29. The van der Waals surface area contributed by atoms with E-state index in [9.17, 15) is 9.59 Å². The van der Waals surface area contributed by atoms with E-state index in [1.165, 1.54) is 7.11 Å². The Kier molecular flexibility index (Phi) is 4.13. The van der Waals surface area contributed by atoms with Crippen LogP contribution in [0.15, 0.2) is 66.7 Å². The highest BCUT2D eigenvalue weighted by Gasteiger charge is 2.47. The van der Waals surface area contributed by atoms with Crippen LogP contribution in [0.5, 0.6) is 5.75 Å². The van der Waals surface area contributed by atoms with E-state index >= 15 is 0 Å². The molecule has 1 aliphatic heterocycles. The zero-order chi connectivity index (χ0) is 18.9. The smallest absolute Gasteiger partial charge is 0.363 e. The number of methoxy groups -OCH3 is 1. The summed E-state index contributed by atoms with van der Waals surface area (Å²) >= 11 is 0. The summed E-state index contributed by atoms with van der Waals surface area (Å²) in [6, 6.07) is 20.5. The maximum Gasteiger partial charge on any atom is 0.363 e. The van der Waals surface area contributed by atoms with Crippen LogP contribution in [0.1, 0.15) is 22.3 Å². The third-order valence-electron chi connectivity index (χ3n) is 4.59. The Morgan fingerprint density at radius 3 is 2.63 bits per heavy atom. The summed E-state index contributed by atoms with van der Waals surface area (Å²) in [6.07, 6.45) is -0.186. The topological polar surface area (TPSA) is 52.6 Å². The lowest BCUT2D eigenvalue weighted by atomic mass is 9.90. The van der Waals surface area contributed by atoms with Gasteiger partial charge in [-0.05, 0) is 34.9 Å². The number of carbonyl (C=O) groups excluding carboxylic acids is 2. The van der Waals surface area contributed by atoms with Crippen LogP contribution in [0.4, 0.5) is 0 Å². The molecular weight excluding hydrogens is 340 g/mol. The highest BCUT2D eigenvalue weighted by molar-refractivity contribution is 6.05. The van der Waals surface area contributed by atoms with Gasteiger partial charge in [0.25, 0.3) is 5.60 Å². The molecule has 0 spiro atoms. The standard InChI is InChI=1S/C23H16O4/c1-26-22(25)23(15-20(24)19-11-4-5-12-21(19)27-23)14-13-17-9-6-8-16-7-2-3-10-18(16)17/h2-12H,15H2,1H3/t23-/m0/s1. The van der Waals surface area contributed by atoms with Crippen LogP contribution >= 0.6 is 0 Å². The minimum atomic E-state index is -1.66. The number of carbonyl (C=O) groups is 2. The van der Waals surface area contributed by atoms with Crippen molar-refractivity contribution in [3.05, 3.63) is 77.9 Å². The Hall–Kier alpha value is -3.58. The normalized spacial score (nSPS) is 18.0. The molecule has 4 rings (SSSR count). The molecule has 0 amide bonds. The molecule has 1 atom stereocenters. The van der Waals surface area contributed by atoms with Crippen molar-refractivity contribution in [2.24, 2.45) is 0 Å². The first-order valence-electron chi connectivity index (χ1n) is 8.53. The quantitative estimate of drug-likeness (QED) is 0.492. The van der Waals surface area contributed by atoms with Gasteiger partial charge in [-0.2, -0.15) is 0 Å². The van der Waals surface area contributed by atoms with E-state index < -0.39 is 11.6 Å². The minimum absolute atomic E-state index is 0.186. The first-order chi connectivity index (χ1) is 13.1. The van der Waals surface area contributed by atoms with Gasteiger partial charge < -0.3 is 9.47 Å². The largest absolute Gasteiger partial charge is 0.465 e. The molecule has 4 nitrogen and oxygen atoms in total. The molecule has 0 aliphatic carbocycles. The zero-order valence-corrected chi connectivity index (χ0v) is 14.7. The molecule has 132 valence electrons. The van der Waals surface area contributed by atoms with Gasteiger partial charge >= 0.3 is 5.97 Å². The number of para-hydroxylation sites is 1. The molecule has 4 heteroatoms. The minimum Gasteiger partial charge on any atom is -0.465 e. The number of rotatable bonds is 1. The van der Waals surface area contributed by atoms with Crippen LogP contribution in [-0.2, 0) is 9.53 Å². The molecule has 0 bridgehead atoms. The van der Waals surface area contributed by atoms with Gasteiger partial charge in [-0.1, -0.05) is 54.5 Å². The van der Waals surface area contributed by atoms with E-state index in [0.717, 1.165) is 16.3 Å². The Bertz CT molecular complexity index is 1110. The van der Waals surface area contributed by atoms with E-state index in [2.05, 4.69) is 11.8 Å². The van der Waals surface area contributed by atoms with Gasteiger partial charge in [-0.3, -0.25) is 4.79 Å². The van der Waals surface area contributed by atoms with Crippen LogP contribution in [0.25, 0.3) is 10.8 Å². The summed E-state index contributed by atoms with van der Waals surface area (Å²) in [6.45, 7) is 0. The molecule has 0 unspecified atom stereocenters. The number of esters is 1. The molecule has 0 N–H and O–H groups in total. The highest BCUT2D eigenvalue weighted by Crippen LogP contribution is 2.34. The van der Waals surface area contributed by atoms with Gasteiger partial charge in [0, 0.05) is 5.56 Å². The lowest BCUT2D eigenvalue weighted by molar-refractivity contribution is -0.154. The first-order valence-corrected chi connectivity index (χ1v) is 8.53. The van der Waals surface area contributed by atoms with E-state index in [-0.39, 0.29) is 12.2 Å². The number of hydrogen-bond donors (Lipinski definition) is 0. The Morgan fingerprint density at radius 2 is 1.78 bits per heavy atom. The predicted octanol–water partition coefficient (Wildman–Crippen LogP) is 3.77. The SMILES string of the molecule is COC(=O)[C@]1(C#Cc2cccc3ccccc23)CC(=O)c2ccccc2O1. The summed E-state index contributed by atoms with van der Waals surface area (Å²) in [5.74, 6) is 5.39. The van der Waals surface area contributed by atoms with Gasteiger partial charge in [0.15, 0.2) is 5.78 Å². The first kappa shape index (κ1) is 16.9. The molecule has 27 heavy (non-hydrogen) atoms. The number of Topliss-reactive ketones (excluding diaryl/α,β-unsaturated/α-hetero) is 1. The van der Waals surface area contributed by atoms with Crippen molar-refractivity contribution >= 4 is 22.5 Å². The fraction of sp³-hybridized carbons (Fsp3) is 0.130. The fourth-order valence-electron chi connectivity index (χ4n) is 3.23. The molecule has 0 saturated carbocycles. The zero-order valence-electron chi connectivity index (χ0n) is 14.7. The second kappa shape index (κ2) is 6.62. The molecule has 3 aromatic rings. The molecule has 0 fully saturated rings. The van der Waals surface area contributed by atoms with E-state index in [1.807, 2.05) is 42.5 Å². The molecule has 0 aromatic heterocycles. The summed E-state index contributed by atoms with van der Waals surface area (Å²) in [4.78, 5) is 25.1. The molecule has 0 saturated heterocycles. The summed E-state index contributed by atoms with van der Waals surface area (Å²) in [5.41, 5.74) is -0.452. The number of benzene rings is 3. The number of hydrogen-bond acceptors (Lipinski definition) is 4. The summed E-state index contributed by atoms with van der Waals surface area (Å²) < 4.78 is 10.8. The number of fused-ring (bicyclic) bond motifs is 2. The Labute approximate surface area is 156 Å². The average Bonchev–Trinajstić information content (AvgIpc) is 2.71. The van der Waals surface area contributed by atoms with Crippen molar-refractivity contribution in [3.63, 3.8) is 0 Å². The van der Waals surface area contributed by atoms with Crippen molar-refractivity contribution in [2.45, 2.75) is 12.0 Å². The fourth-order valence-corrected chi connectivity index (χ4v) is 3.23. The highest BCUT2D eigenvalue weighted by atomic mass is 16.6. The average molecular weight is 356 g/mol. The van der Waals surface area contributed by atoms with Crippen molar-refractivity contribution in [1.29, 1.82) is 0 Å². The van der Waals surface area contributed by atoms with Crippen LogP contribution in [0, 0.1) is 11.8 Å². The monoisotopic (exact) mass is 356 g/mol. The third kappa shape index (κ3) is 2.94. The van der Waals surface area contributed by atoms with Gasteiger partial charge in [-0.25, -0.2) is 4.79 Å². The van der Waals surface area contributed by atoms with Crippen LogP contribution in [0.2, 0.25) is 0 Å². The maximum atomic E-state index is 12.6. The van der Waals surface area contributed by atoms with Crippen LogP contribution in [-0.4, -0.2) is 24.5 Å². The number of ketones is 1. The predicted molar refractivity (Wildman–Crippen MR) is 102 cm³/mol. The summed E-state index contributed by atoms with van der Waals surface area (Å²) in [7, 11) is 1.26. The van der Waals surface area contributed by atoms with Crippen molar-refractivity contribution in [2.75, 3.05) is 7.11 Å². The van der Waals surface area contributed by atoms with Crippen LogP contribution in [0.3, 0.4) is 0 Å². The lowest BCUT2D eigenvalue weighted by Gasteiger charge is -2.31. The maximum absolute atomic E-state index is 12.6. The Balaban J connectivity index is 1.83. The molecule has 0 radical (unpaired) electrons. The Morgan fingerprint density at radius 1 is 1.04 bits per heavy atom. The van der Waals surface area contributed by atoms with Gasteiger partial charge in [0.2, 0.25) is 0 Å². The lowest BCUT2D eigenvalue weighted by Crippen LogP contribution is -2.48. The van der Waals surface area contributed by atoms with Gasteiger partial charge in [0.05, 0.1) is 19.1 Å². The van der Waals surface area contributed by atoms with Gasteiger partial charge in [0.1, 0.15) is 5.75 Å². The molecule has 1 heterocycles. The van der Waals surface area contributed by atoms with Crippen molar-refractivity contribution < 1.29 is 19.1 Å². The molecule has 1 aliphatic rings. The second-order valence-corrected chi connectivity index (χ2v) is 6.29. The van der Waals surface area contributed by atoms with E-state index in [4.69, 9.17) is 9.47 Å². The van der Waals surface area contributed by atoms with E-state index in [0.29, 0.717) is 11.3 Å².